The van der Waals surface area contributed by atoms with Crippen LogP contribution in [-0.4, -0.2) is 22.6 Å². The fourth-order valence-electron chi connectivity index (χ4n) is 2.37. The maximum absolute atomic E-state index is 13.2. The van der Waals surface area contributed by atoms with Crippen molar-refractivity contribution in [1.82, 2.24) is 14.9 Å². The molecule has 2 heterocycles. The lowest BCUT2D eigenvalue weighted by Crippen LogP contribution is -2.10. The van der Waals surface area contributed by atoms with E-state index >= 15 is 0 Å². The SMILES string of the molecule is Fc1ccc(-n2cncc2C2CCNC2)cc1Cl. The van der Waals surface area contributed by atoms with Gasteiger partial charge in [-0.25, -0.2) is 9.37 Å². The number of halogens is 2. The van der Waals surface area contributed by atoms with Crippen LogP contribution in [0.15, 0.2) is 30.7 Å². The van der Waals surface area contributed by atoms with E-state index in [1.165, 1.54) is 6.07 Å². The molecule has 3 rings (SSSR count). The van der Waals surface area contributed by atoms with Gasteiger partial charge in [-0.15, -0.1) is 0 Å². The lowest BCUT2D eigenvalue weighted by molar-refractivity contribution is 0.627. The zero-order valence-corrected chi connectivity index (χ0v) is 10.5. The Kier molecular flexibility index (Phi) is 3.06. The van der Waals surface area contributed by atoms with Gasteiger partial charge in [0.25, 0.3) is 0 Å². The summed E-state index contributed by atoms with van der Waals surface area (Å²) < 4.78 is 15.2. The Morgan fingerprint density at radius 3 is 3.06 bits per heavy atom. The third-order valence-electron chi connectivity index (χ3n) is 3.33. The van der Waals surface area contributed by atoms with Gasteiger partial charge in [0.05, 0.1) is 11.3 Å². The van der Waals surface area contributed by atoms with Gasteiger partial charge >= 0.3 is 0 Å². The highest BCUT2D eigenvalue weighted by molar-refractivity contribution is 6.30. The summed E-state index contributed by atoms with van der Waals surface area (Å²) in [5.41, 5.74) is 1.99. The minimum absolute atomic E-state index is 0.136. The molecule has 0 spiro atoms. The van der Waals surface area contributed by atoms with Gasteiger partial charge < -0.3 is 9.88 Å². The number of hydrogen-bond acceptors (Lipinski definition) is 2. The summed E-state index contributed by atoms with van der Waals surface area (Å²) in [6, 6.07) is 4.73. The average molecular weight is 266 g/mol. The van der Waals surface area contributed by atoms with Crippen LogP contribution in [0.2, 0.25) is 5.02 Å². The van der Waals surface area contributed by atoms with Gasteiger partial charge in [-0.1, -0.05) is 11.6 Å². The van der Waals surface area contributed by atoms with Gasteiger partial charge in [0.1, 0.15) is 5.82 Å². The fourth-order valence-corrected chi connectivity index (χ4v) is 2.54. The van der Waals surface area contributed by atoms with Gasteiger partial charge in [-0.05, 0) is 31.2 Å². The van der Waals surface area contributed by atoms with Gasteiger partial charge in [0, 0.05) is 30.0 Å². The van der Waals surface area contributed by atoms with Crippen molar-refractivity contribution in [2.24, 2.45) is 0 Å². The second kappa shape index (κ2) is 4.71. The topological polar surface area (TPSA) is 29.9 Å². The zero-order chi connectivity index (χ0) is 12.5. The normalized spacial score (nSPS) is 19.3. The number of imidazole rings is 1. The Labute approximate surface area is 110 Å². The zero-order valence-electron chi connectivity index (χ0n) is 9.74. The van der Waals surface area contributed by atoms with Crippen molar-refractivity contribution in [3.05, 3.63) is 47.3 Å². The lowest BCUT2D eigenvalue weighted by Gasteiger charge is -2.13. The summed E-state index contributed by atoms with van der Waals surface area (Å²) in [6.45, 7) is 1.99. The molecule has 1 N–H and O–H groups in total. The van der Waals surface area contributed by atoms with Crippen LogP contribution in [0, 0.1) is 5.82 Å². The number of hydrogen-bond donors (Lipinski definition) is 1. The number of rotatable bonds is 2. The standard InChI is InChI=1S/C13H13ClFN3/c14-11-5-10(1-2-12(11)15)18-8-17-7-13(18)9-3-4-16-6-9/h1-2,5,7-9,16H,3-4,6H2. The van der Waals surface area contributed by atoms with Crippen LogP contribution < -0.4 is 5.32 Å². The van der Waals surface area contributed by atoms with Crippen molar-refractivity contribution in [3.8, 4) is 5.69 Å². The summed E-state index contributed by atoms with van der Waals surface area (Å²) >= 11 is 5.82. The molecule has 3 nitrogen and oxygen atoms in total. The van der Waals surface area contributed by atoms with Crippen LogP contribution in [0.3, 0.4) is 0 Å². The Balaban J connectivity index is 2.00. The number of benzene rings is 1. The monoisotopic (exact) mass is 265 g/mol. The largest absolute Gasteiger partial charge is 0.316 e. The molecule has 1 aliphatic rings. The van der Waals surface area contributed by atoms with E-state index in [-0.39, 0.29) is 5.02 Å². The molecule has 5 heteroatoms. The predicted molar refractivity (Wildman–Crippen MR) is 68.8 cm³/mol. The van der Waals surface area contributed by atoms with Gasteiger partial charge in [-0.2, -0.15) is 0 Å². The van der Waals surface area contributed by atoms with Gasteiger partial charge in [-0.3, -0.25) is 0 Å². The van der Waals surface area contributed by atoms with E-state index < -0.39 is 5.82 Å². The molecule has 0 bridgehead atoms. The first-order valence-corrected chi connectivity index (χ1v) is 6.32. The summed E-state index contributed by atoms with van der Waals surface area (Å²) in [5.74, 6) is 0.0564. The van der Waals surface area contributed by atoms with E-state index in [9.17, 15) is 4.39 Å². The third-order valence-corrected chi connectivity index (χ3v) is 3.62. The first-order valence-electron chi connectivity index (χ1n) is 5.94. The van der Waals surface area contributed by atoms with Crippen LogP contribution in [0.4, 0.5) is 4.39 Å². The van der Waals surface area contributed by atoms with E-state index in [0.29, 0.717) is 5.92 Å². The van der Waals surface area contributed by atoms with E-state index in [1.54, 1.807) is 18.5 Å². The fraction of sp³-hybridized carbons (Fsp3) is 0.308. The maximum atomic E-state index is 13.2. The van der Waals surface area contributed by atoms with Crippen LogP contribution in [0.1, 0.15) is 18.0 Å². The maximum Gasteiger partial charge on any atom is 0.141 e. The van der Waals surface area contributed by atoms with Crippen molar-refractivity contribution in [1.29, 1.82) is 0 Å². The summed E-state index contributed by atoms with van der Waals surface area (Å²) in [4.78, 5) is 4.19. The lowest BCUT2D eigenvalue weighted by atomic mass is 10.1. The molecule has 0 amide bonds. The predicted octanol–water partition coefficient (Wildman–Crippen LogP) is 2.74. The number of nitrogens with one attached hydrogen (secondary N) is 1. The quantitative estimate of drug-likeness (QED) is 0.905. The Bertz CT molecular complexity index is 561. The smallest absolute Gasteiger partial charge is 0.141 e. The van der Waals surface area contributed by atoms with Crippen LogP contribution in [-0.2, 0) is 0 Å². The molecule has 0 saturated carbocycles. The van der Waals surface area contributed by atoms with E-state index in [2.05, 4.69) is 10.3 Å². The highest BCUT2D eigenvalue weighted by atomic mass is 35.5. The van der Waals surface area contributed by atoms with Crippen LogP contribution >= 0.6 is 11.6 Å². The van der Waals surface area contributed by atoms with E-state index in [0.717, 1.165) is 30.9 Å². The van der Waals surface area contributed by atoms with Crippen molar-refractivity contribution in [2.75, 3.05) is 13.1 Å². The Morgan fingerprint density at radius 2 is 2.33 bits per heavy atom. The van der Waals surface area contributed by atoms with Crippen molar-refractivity contribution in [3.63, 3.8) is 0 Å². The number of nitrogens with zero attached hydrogens (tertiary/aromatic N) is 2. The van der Waals surface area contributed by atoms with Crippen LogP contribution in [0.5, 0.6) is 0 Å². The first-order chi connectivity index (χ1) is 8.75. The molecule has 0 aliphatic carbocycles. The second-order valence-corrected chi connectivity index (χ2v) is 4.88. The van der Waals surface area contributed by atoms with Crippen molar-refractivity contribution >= 4 is 11.6 Å². The molecule has 1 fully saturated rings. The molecule has 1 unspecified atom stereocenters. The van der Waals surface area contributed by atoms with E-state index in [4.69, 9.17) is 11.6 Å². The Hall–Kier alpha value is -1.39. The molecule has 18 heavy (non-hydrogen) atoms. The molecule has 1 aromatic heterocycles. The van der Waals surface area contributed by atoms with E-state index in [1.807, 2.05) is 10.8 Å². The molecule has 1 aromatic carbocycles. The molecule has 1 atom stereocenters. The molecular weight excluding hydrogens is 253 g/mol. The first kappa shape index (κ1) is 11.7. The molecule has 1 aliphatic heterocycles. The molecular formula is C13H13ClFN3. The molecule has 2 aromatic rings. The summed E-state index contributed by atoms with van der Waals surface area (Å²) in [5, 5.41) is 3.47. The average Bonchev–Trinajstić information content (AvgIpc) is 3.00. The summed E-state index contributed by atoms with van der Waals surface area (Å²) in [6.07, 6.45) is 4.72. The van der Waals surface area contributed by atoms with Crippen molar-refractivity contribution in [2.45, 2.75) is 12.3 Å². The molecule has 0 radical (unpaired) electrons. The van der Waals surface area contributed by atoms with Gasteiger partial charge in [0.2, 0.25) is 0 Å². The molecule has 1 saturated heterocycles. The van der Waals surface area contributed by atoms with Crippen molar-refractivity contribution < 1.29 is 4.39 Å². The number of aromatic nitrogens is 2. The molecule has 94 valence electrons. The van der Waals surface area contributed by atoms with Gasteiger partial charge in [0.15, 0.2) is 0 Å². The second-order valence-electron chi connectivity index (χ2n) is 4.48. The minimum atomic E-state index is -0.399. The summed E-state index contributed by atoms with van der Waals surface area (Å²) in [7, 11) is 0. The Morgan fingerprint density at radius 1 is 1.44 bits per heavy atom. The third kappa shape index (κ3) is 2.02. The van der Waals surface area contributed by atoms with Crippen LogP contribution in [0.25, 0.3) is 5.69 Å². The highest BCUT2D eigenvalue weighted by Crippen LogP contribution is 2.26. The minimum Gasteiger partial charge on any atom is -0.316 e. The highest BCUT2D eigenvalue weighted by Gasteiger charge is 2.20.